The molecule has 2 heterocycles. The summed E-state index contributed by atoms with van der Waals surface area (Å²) in [6.45, 7) is 4.30. The van der Waals surface area contributed by atoms with Gasteiger partial charge >= 0.3 is 0 Å². The van der Waals surface area contributed by atoms with E-state index >= 15 is 0 Å². The number of amides is 2. The highest BCUT2D eigenvalue weighted by atomic mass is 16.2. The van der Waals surface area contributed by atoms with E-state index in [1.165, 1.54) is 23.4 Å². The number of nitrogens with zero attached hydrogens (tertiary/aromatic N) is 3. The molecule has 0 radical (unpaired) electrons. The Kier molecular flexibility index (Phi) is 7.10. The molecule has 2 aromatic rings. The molecule has 0 bridgehead atoms. The Labute approximate surface area is 183 Å². The predicted molar refractivity (Wildman–Crippen MR) is 121 cm³/mol. The largest absolute Gasteiger partial charge is 0.352 e. The standard InChI is InChI=1S/C25H30N4O2/c30-24(26-18-21-10-4-5-11-22(21)19-28-15-6-7-16-28)12-13-25(31)29-17-14-23(27-29)20-8-2-1-3-9-20/h1-5,8-11H,6-7,12-19H2,(H,26,30). The van der Waals surface area contributed by atoms with E-state index in [0.717, 1.165) is 42.9 Å². The minimum atomic E-state index is -0.101. The molecule has 2 aliphatic heterocycles. The molecule has 0 spiro atoms. The maximum atomic E-state index is 12.5. The van der Waals surface area contributed by atoms with Gasteiger partial charge in [-0.1, -0.05) is 54.6 Å². The molecule has 0 aromatic heterocycles. The Balaban J connectivity index is 1.24. The van der Waals surface area contributed by atoms with Gasteiger partial charge in [-0.05, 0) is 42.6 Å². The quantitative estimate of drug-likeness (QED) is 0.715. The van der Waals surface area contributed by atoms with E-state index in [0.29, 0.717) is 13.1 Å². The normalized spacial score (nSPS) is 16.4. The number of carbonyl (C=O) groups is 2. The Bertz CT molecular complexity index is 936. The summed E-state index contributed by atoms with van der Waals surface area (Å²) in [5, 5.41) is 8.94. The fourth-order valence-corrected chi connectivity index (χ4v) is 4.17. The van der Waals surface area contributed by atoms with E-state index in [9.17, 15) is 9.59 Å². The van der Waals surface area contributed by atoms with Crippen molar-refractivity contribution >= 4 is 17.5 Å². The summed E-state index contributed by atoms with van der Waals surface area (Å²) in [5.41, 5.74) is 4.38. The highest BCUT2D eigenvalue weighted by molar-refractivity contribution is 6.02. The van der Waals surface area contributed by atoms with Crippen molar-refractivity contribution in [3.8, 4) is 0 Å². The van der Waals surface area contributed by atoms with Crippen LogP contribution in [-0.2, 0) is 22.7 Å². The molecule has 0 unspecified atom stereocenters. The summed E-state index contributed by atoms with van der Waals surface area (Å²) >= 11 is 0. The van der Waals surface area contributed by atoms with Gasteiger partial charge in [-0.15, -0.1) is 0 Å². The number of hydrazone groups is 1. The smallest absolute Gasteiger partial charge is 0.243 e. The van der Waals surface area contributed by atoms with Crippen LogP contribution in [0.25, 0.3) is 0 Å². The molecule has 31 heavy (non-hydrogen) atoms. The van der Waals surface area contributed by atoms with Gasteiger partial charge in [0, 0.05) is 32.4 Å². The van der Waals surface area contributed by atoms with E-state index < -0.39 is 0 Å². The fraction of sp³-hybridized carbons (Fsp3) is 0.400. The molecule has 4 rings (SSSR count). The second kappa shape index (κ2) is 10.4. The van der Waals surface area contributed by atoms with Crippen LogP contribution in [0.5, 0.6) is 0 Å². The molecule has 1 N–H and O–H groups in total. The maximum Gasteiger partial charge on any atom is 0.243 e. The molecule has 6 nitrogen and oxygen atoms in total. The number of carbonyl (C=O) groups excluding carboxylic acids is 2. The number of hydrogen-bond acceptors (Lipinski definition) is 4. The van der Waals surface area contributed by atoms with Crippen LogP contribution < -0.4 is 5.32 Å². The Morgan fingerprint density at radius 3 is 2.35 bits per heavy atom. The van der Waals surface area contributed by atoms with Crippen LogP contribution in [0.15, 0.2) is 59.7 Å². The van der Waals surface area contributed by atoms with Crippen LogP contribution in [0.1, 0.15) is 48.8 Å². The van der Waals surface area contributed by atoms with Crippen LogP contribution >= 0.6 is 0 Å². The lowest BCUT2D eigenvalue weighted by Crippen LogP contribution is -2.28. The van der Waals surface area contributed by atoms with Crippen molar-refractivity contribution in [1.29, 1.82) is 0 Å². The average molecular weight is 419 g/mol. The summed E-state index contributed by atoms with van der Waals surface area (Å²) in [6.07, 6.45) is 3.63. The van der Waals surface area contributed by atoms with Gasteiger partial charge in [0.05, 0.1) is 12.3 Å². The van der Waals surface area contributed by atoms with Gasteiger partial charge in [-0.2, -0.15) is 5.10 Å². The second-order valence-electron chi connectivity index (χ2n) is 8.21. The van der Waals surface area contributed by atoms with Gasteiger partial charge in [-0.25, -0.2) is 5.01 Å². The second-order valence-corrected chi connectivity index (χ2v) is 8.21. The van der Waals surface area contributed by atoms with Crippen LogP contribution in [0.4, 0.5) is 0 Å². The molecule has 6 heteroatoms. The zero-order chi connectivity index (χ0) is 21.5. The first-order valence-corrected chi connectivity index (χ1v) is 11.2. The first kappa shape index (κ1) is 21.2. The number of likely N-dealkylation sites (tertiary alicyclic amines) is 1. The molecule has 1 fully saturated rings. The van der Waals surface area contributed by atoms with Gasteiger partial charge in [0.1, 0.15) is 0 Å². The van der Waals surface area contributed by atoms with Crippen molar-refractivity contribution in [3.05, 3.63) is 71.3 Å². The summed E-state index contributed by atoms with van der Waals surface area (Å²) in [4.78, 5) is 27.3. The first-order valence-electron chi connectivity index (χ1n) is 11.2. The molecule has 162 valence electrons. The van der Waals surface area contributed by atoms with Gasteiger partial charge in [0.2, 0.25) is 11.8 Å². The molecule has 0 atom stereocenters. The summed E-state index contributed by atoms with van der Waals surface area (Å²) in [5.74, 6) is -0.203. The summed E-state index contributed by atoms with van der Waals surface area (Å²) < 4.78 is 0. The number of rotatable bonds is 8. The lowest BCUT2D eigenvalue weighted by Gasteiger charge is -2.18. The third kappa shape index (κ3) is 5.79. The monoisotopic (exact) mass is 418 g/mol. The van der Waals surface area contributed by atoms with Crippen molar-refractivity contribution in [1.82, 2.24) is 15.2 Å². The van der Waals surface area contributed by atoms with E-state index in [2.05, 4.69) is 33.5 Å². The van der Waals surface area contributed by atoms with Crippen molar-refractivity contribution in [2.45, 2.75) is 45.2 Å². The number of hydrogen-bond donors (Lipinski definition) is 1. The molecule has 2 aromatic carbocycles. The zero-order valence-corrected chi connectivity index (χ0v) is 17.9. The third-order valence-corrected chi connectivity index (χ3v) is 5.95. The van der Waals surface area contributed by atoms with Crippen LogP contribution in [-0.4, -0.2) is 47.1 Å². The Morgan fingerprint density at radius 2 is 1.58 bits per heavy atom. The van der Waals surface area contributed by atoms with Crippen LogP contribution in [0, 0.1) is 0 Å². The Morgan fingerprint density at radius 1 is 0.871 bits per heavy atom. The molecule has 1 saturated heterocycles. The topological polar surface area (TPSA) is 65.0 Å². The van der Waals surface area contributed by atoms with Gasteiger partial charge in [-0.3, -0.25) is 14.5 Å². The first-order chi connectivity index (χ1) is 15.2. The minimum absolute atomic E-state index is 0.101. The molecular weight excluding hydrogens is 388 g/mol. The predicted octanol–water partition coefficient (Wildman–Crippen LogP) is 3.32. The van der Waals surface area contributed by atoms with Gasteiger partial charge < -0.3 is 5.32 Å². The summed E-state index contributed by atoms with van der Waals surface area (Å²) in [6, 6.07) is 18.2. The van der Waals surface area contributed by atoms with E-state index in [4.69, 9.17) is 0 Å². The molecule has 2 aliphatic rings. The van der Waals surface area contributed by atoms with Crippen molar-refractivity contribution < 1.29 is 9.59 Å². The summed E-state index contributed by atoms with van der Waals surface area (Å²) in [7, 11) is 0. The maximum absolute atomic E-state index is 12.5. The minimum Gasteiger partial charge on any atom is -0.352 e. The van der Waals surface area contributed by atoms with E-state index in [1.807, 2.05) is 36.4 Å². The molecule has 0 saturated carbocycles. The van der Waals surface area contributed by atoms with Gasteiger partial charge in [0.15, 0.2) is 0 Å². The van der Waals surface area contributed by atoms with Crippen LogP contribution in [0.2, 0.25) is 0 Å². The van der Waals surface area contributed by atoms with E-state index in [-0.39, 0.29) is 24.7 Å². The SMILES string of the molecule is O=C(CCC(=O)N1CCC(c2ccccc2)=N1)NCc1ccccc1CN1CCCC1. The highest BCUT2D eigenvalue weighted by Gasteiger charge is 2.22. The lowest BCUT2D eigenvalue weighted by molar-refractivity contribution is -0.133. The van der Waals surface area contributed by atoms with Crippen molar-refractivity contribution in [2.75, 3.05) is 19.6 Å². The van der Waals surface area contributed by atoms with Crippen LogP contribution in [0.3, 0.4) is 0 Å². The molecule has 0 aliphatic carbocycles. The van der Waals surface area contributed by atoms with Crippen molar-refractivity contribution in [3.63, 3.8) is 0 Å². The lowest BCUT2D eigenvalue weighted by atomic mass is 10.1. The number of nitrogens with one attached hydrogen (secondary N) is 1. The Hall–Kier alpha value is -2.99. The van der Waals surface area contributed by atoms with E-state index in [1.54, 1.807) is 0 Å². The molecule has 2 amide bonds. The van der Waals surface area contributed by atoms with Gasteiger partial charge in [0.25, 0.3) is 0 Å². The molecular formula is C25H30N4O2. The number of benzene rings is 2. The van der Waals surface area contributed by atoms with Crippen molar-refractivity contribution in [2.24, 2.45) is 5.10 Å². The average Bonchev–Trinajstić information content (AvgIpc) is 3.50. The zero-order valence-electron chi connectivity index (χ0n) is 17.9. The third-order valence-electron chi connectivity index (χ3n) is 5.95. The fourth-order valence-electron chi connectivity index (χ4n) is 4.17. The highest BCUT2D eigenvalue weighted by Crippen LogP contribution is 2.17.